The molecule has 0 fully saturated rings. The highest BCUT2D eigenvalue weighted by atomic mass is 32.2. The van der Waals surface area contributed by atoms with E-state index in [1.807, 2.05) is 44.2 Å². The molecular formula is C21H19NO3S. The molecule has 5 heteroatoms. The molecule has 0 atom stereocenters. The maximum atomic E-state index is 12.2. The van der Waals surface area contributed by atoms with Crippen molar-refractivity contribution in [2.75, 3.05) is 0 Å². The summed E-state index contributed by atoms with van der Waals surface area (Å²) in [6, 6.07) is 14.4. The summed E-state index contributed by atoms with van der Waals surface area (Å²) in [6.07, 6.45) is 2.78. The van der Waals surface area contributed by atoms with Crippen LogP contribution in [0.1, 0.15) is 30.0 Å². The van der Waals surface area contributed by atoms with E-state index >= 15 is 0 Å². The minimum absolute atomic E-state index is 0.0344. The van der Waals surface area contributed by atoms with Gasteiger partial charge in [0.15, 0.2) is 0 Å². The predicted molar refractivity (Wildman–Crippen MR) is 108 cm³/mol. The number of aromatic hydroxyl groups is 1. The third kappa shape index (κ3) is 4.06. The zero-order chi connectivity index (χ0) is 18.7. The zero-order valence-corrected chi connectivity index (χ0v) is 15.4. The standard InChI is InChI=1S/C21H19NO3S/c1-3-17(10-14-6-4-13(2)5-7-14)26-20(22)18-11-15-8-9-16(23)12-19(15)25-21(18)24/h4-12,22-23H,3H2,1-2H3/b17-10+,22-20?. The Morgan fingerprint density at radius 1 is 1.19 bits per heavy atom. The minimum Gasteiger partial charge on any atom is -0.508 e. The first-order chi connectivity index (χ1) is 12.5. The van der Waals surface area contributed by atoms with E-state index in [2.05, 4.69) is 0 Å². The van der Waals surface area contributed by atoms with E-state index in [9.17, 15) is 9.90 Å². The average Bonchev–Trinajstić information content (AvgIpc) is 2.62. The molecule has 0 aliphatic heterocycles. The first-order valence-corrected chi connectivity index (χ1v) is 9.09. The second kappa shape index (κ2) is 7.62. The Balaban J connectivity index is 1.89. The van der Waals surface area contributed by atoms with Gasteiger partial charge in [0.05, 0.1) is 5.56 Å². The van der Waals surface area contributed by atoms with Gasteiger partial charge < -0.3 is 9.52 Å². The molecule has 26 heavy (non-hydrogen) atoms. The van der Waals surface area contributed by atoms with Crippen LogP contribution in [0, 0.1) is 12.3 Å². The Kier molecular flexibility index (Phi) is 5.28. The molecule has 3 aromatic rings. The Bertz CT molecular complexity index is 1050. The lowest BCUT2D eigenvalue weighted by atomic mass is 10.1. The number of thioether (sulfide) groups is 1. The molecule has 0 spiro atoms. The van der Waals surface area contributed by atoms with Crippen molar-refractivity contribution in [1.82, 2.24) is 0 Å². The molecule has 1 aromatic heterocycles. The predicted octanol–water partition coefficient (Wildman–Crippen LogP) is 5.32. The summed E-state index contributed by atoms with van der Waals surface area (Å²) in [5, 5.41) is 18.6. The van der Waals surface area contributed by atoms with Crippen molar-refractivity contribution in [3.8, 4) is 5.75 Å². The Morgan fingerprint density at radius 3 is 2.62 bits per heavy atom. The fourth-order valence-corrected chi connectivity index (χ4v) is 3.35. The molecular weight excluding hydrogens is 346 g/mol. The van der Waals surface area contributed by atoms with Gasteiger partial charge in [-0.25, -0.2) is 4.79 Å². The SMILES string of the molecule is CC/C(=C\c1ccc(C)cc1)SC(=N)c1cc2ccc(O)cc2oc1=O. The summed E-state index contributed by atoms with van der Waals surface area (Å²) < 4.78 is 5.25. The fourth-order valence-electron chi connectivity index (χ4n) is 2.50. The van der Waals surface area contributed by atoms with Crippen LogP contribution in [0.3, 0.4) is 0 Å². The number of hydrogen-bond donors (Lipinski definition) is 2. The number of benzene rings is 2. The first-order valence-electron chi connectivity index (χ1n) is 8.27. The van der Waals surface area contributed by atoms with E-state index in [-0.39, 0.29) is 16.4 Å². The van der Waals surface area contributed by atoms with Gasteiger partial charge in [0.2, 0.25) is 0 Å². The molecule has 0 radical (unpaired) electrons. The van der Waals surface area contributed by atoms with Crippen LogP contribution in [0.15, 0.2) is 62.6 Å². The summed E-state index contributed by atoms with van der Waals surface area (Å²) >= 11 is 1.26. The number of aryl methyl sites for hydroxylation is 1. The molecule has 0 bridgehead atoms. The molecule has 132 valence electrons. The summed E-state index contributed by atoms with van der Waals surface area (Å²) in [6.45, 7) is 4.06. The van der Waals surface area contributed by atoms with Gasteiger partial charge in [0.25, 0.3) is 0 Å². The molecule has 2 aromatic carbocycles. The van der Waals surface area contributed by atoms with Gasteiger partial charge in [0, 0.05) is 11.5 Å². The third-order valence-corrected chi connectivity index (χ3v) is 5.04. The summed E-state index contributed by atoms with van der Waals surface area (Å²) in [4.78, 5) is 13.2. The van der Waals surface area contributed by atoms with Crippen LogP contribution in [0.5, 0.6) is 5.75 Å². The van der Waals surface area contributed by atoms with Crippen LogP contribution in [0.25, 0.3) is 17.0 Å². The van der Waals surface area contributed by atoms with Crippen LogP contribution in [0.2, 0.25) is 0 Å². The van der Waals surface area contributed by atoms with E-state index in [4.69, 9.17) is 9.83 Å². The van der Waals surface area contributed by atoms with Crippen molar-refractivity contribution < 1.29 is 9.52 Å². The van der Waals surface area contributed by atoms with E-state index in [1.54, 1.807) is 12.1 Å². The van der Waals surface area contributed by atoms with Gasteiger partial charge in [-0.05, 0) is 48.1 Å². The van der Waals surface area contributed by atoms with Crippen molar-refractivity contribution in [3.05, 3.63) is 80.5 Å². The average molecular weight is 365 g/mol. The molecule has 0 amide bonds. The second-order valence-electron chi connectivity index (χ2n) is 5.98. The topological polar surface area (TPSA) is 74.3 Å². The van der Waals surface area contributed by atoms with Crippen molar-refractivity contribution in [2.45, 2.75) is 20.3 Å². The van der Waals surface area contributed by atoms with E-state index in [1.165, 1.54) is 29.5 Å². The van der Waals surface area contributed by atoms with Gasteiger partial charge in [0.1, 0.15) is 16.4 Å². The highest BCUT2D eigenvalue weighted by Crippen LogP contribution is 2.27. The zero-order valence-electron chi connectivity index (χ0n) is 14.6. The van der Waals surface area contributed by atoms with Gasteiger partial charge in [-0.1, -0.05) is 48.5 Å². The van der Waals surface area contributed by atoms with Gasteiger partial charge in [-0.15, -0.1) is 0 Å². The van der Waals surface area contributed by atoms with Crippen molar-refractivity contribution >= 4 is 33.9 Å². The maximum absolute atomic E-state index is 12.2. The number of phenolic OH excluding ortho intramolecular Hbond substituents is 1. The Morgan fingerprint density at radius 2 is 1.92 bits per heavy atom. The Labute approximate surface area is 155 Å². The monoisotopic (exact) mass is 365 g/mol. The summed E-state index contributed by atoms with van der Waals surface area (Å²) in [7, 11) is 0. The molecule has 4 nitrogen and oxygen atoms in total. The molecule has 0 aliphatic carbocycles. The Hall–Kier alpha value is -2.79. The second-order valence-corrected chi connectivity index (χ2v) is 7.11. The number of allylic oxidation sites excluding steroid dienone is 1. The first kappa shape index (κ1) is 18.0. The van der Waals surface area contributed by atoms with E-state index < -0.39 is 5.63 Å². The molecule has 1 heterocycles. The van der Waals surface area contributed by atoms with Gasteiger partial charge in [-0.2, -0.15) is 0 Å². The van der Waals surface area contributed by atoms with Crippen LogP contribution >= 0.6 is 11.8 Å². The van der Waals surface area contributed by atoms with Crippen LogP contribution < -0.4 is 5.63 Å². The number of fused-ring (bicyclic) bond motifs is 1. The number of rotatable bonds is 4. The van der Waals surface area contributed by atoms with E-state index in [0.717, 1.165) is 16.9 Å². The largest absolute Gasteiger partial charge is 0.508 e. The number of nitrogens with one attached hydrogen (secondary N) is 1. The maximum Gasteiger partial charge on any atom is 0.346 e. The van der Waals surface area contributed by atoms with Crippen molar-refractivity contribution in [1.29, 1.82) is 5.41 Å². The summed E-state index contributed by atoms with van der Waals surface area (Å²) in [5.41, 5.74) is 2.21. The molecule has 3 rings (SSSR count). The minimum atomic E-state index is -0.577. The lowest BCUT2D eigenvalue weighted by molar-refractivity contribution is 0.473. The summed E-state index contributed by atoms with van der Waals surface area (Å²) in [5.74, 6) is 0.0344. The van der Waals surface area contributed by atoms with Crippen LogP contribution in [-0.4, -0.2) is 10.2 Å². The van der Waals surface area contributed by atoms with Crippen molar-refractivity contribution in [3.63, 3.8) is 0 Å². The van der Waals surface area contributed by atoms with E-state index in [0.29, 0.717) is 11.0 Å². The molecule has 2 N–H and O–H groups in total. The number of phenols is 1. The lowest BCUT2D eigenvalue weighted by Crippen LogP contribution is -2.11. The highest BCUT2D eigenvalue weighted by molar-refractivity contribution is 8.17. The molecule has 0 saturated carbocycles. The lowest BCUT2D eigenvalue weighted by Gasteiger charge is -2.07. The number of hydrogen-bond acceptors (Lipinski definition) is 5. The highest BCUT2D eigenvalue weighted by Gasteiger charge is 2.13. The van der Waals surface area contributed by atoms with Gasteiger partial charge >= 0.3 is 5.63 Å². The fraction of sp³-hybridized carbons (Fsp3) is 0.143. The third-order valence-electron chi connectivity index (χ3n) is 3.95. The quantitative estimate of drug-likeness (QED) is 0.373. The molecule has 0 saturated heterocycles. The van der Waals surface area contributed by atoms with Gasteiger partial charge in [-0.3, -0.25) is 5.41 Å². The van der Waals surface area contributed by atoms with Crippen LogP contribution in [0.4, 0.5) is 0 Å². The normalized spacial score (nSPS) is 11.7. The van der Waals surface area contributed by atoms with Crippen molar-refractivity contribution in [2.24, 2.45) is 0 Å². The molecule has 0 aliphatic rings. The van der Waals surface area contributed by atoms with Crippen LogP contribution in [-0.2, 0) is 0 Å². The smallest absolute Gasteiger partial charge is 0.346 e. The molecule has 0 unspecified atom stereocenters.